The van der Waals surface area contributed by atoms with Gasteiger partial charge >= 0.3 is 0 Å². The Labute approximate surface area is 207 Å². The standard InChI is InChI=1S/C27H32N2O5S/c1-4-34-26-10-6-5-9-25(26)29(35(31,32)24-17-11-21(2)12-18-24)20-27(30)28-19-7-8-22-13-15-23(33-3)16-14-22/h5-6,9-18H,4,7-8,19-20H2,1-3H3,(H,28,30). The third-order valence-corrected chi connectivity index (χ3v) is 7.23. The second kappa shape index (κ2) is 12.3. The van der Waals surface area contributed by atoms with Crippen molar-refractivity contribution < 1.29 is 22.7 Å². The summed E-state index contributed by atoms with van der Waals surface area (Å²) in [6.45, 7) is 4.15. The van der Waals surface area contributed by atoms with Crippen molar-refractivity contribution in [2.24, 2.45) is 0 Å². The number of hydrogen-bond acceptors (Lipinski definition) is 5. The number of para-hydroxylation sites is 2. The minimum absolute atomic E-state index is 0.113. The predicted molar refractivity (Wildman–Crippen MR) is 138 cm³/mol. The lowest BCUT2D eigenvalue weighted by atomic mass is 10.1. The Bertz CT molecular complexity index is 1210. The first-order chi connectivity index (χ1) is 16.8. The van der Waals surface area contributed by atoms with Gasteiger partial charge in [0, 0.05) is 6.54 Å². The SMILES string of the molecule is CCOc1ccccc1N(CC(=O)NCCCc1ccc(OC)cc1)S(=O)(=O)c1ccc(C)cc1. The number of nitrogens with one attached hydrogen (secondary N) is 1. The van der Waals surface area contributed by atoms with Crippen LogP contribution < -0.4 is 19.1 Å². The maximum atomic E-state index is 13.6. The fourth-order valence-electron chi connectivity index (χ4n) is 3.58. The van der Waals surface area contributed by atoms with Crippen LogP contribution in [0.3, 0.4) is 0 Å². The fraction of sp³-hybridized carbons (Fsp3) is 0.296. The first-order valence-corrected chi connectivity index (χ1v) is 13.0. The number of aryl methyl sites for hydroxylation is 2. The number of hydrogen-bond donors (Lipinski definition) is 1. The first-order valence-electron chi connectivity index (χ1n) is 11.6. The number of anilines is 1. The Morgan fingerprint density at radius 1 is 0.971 bits per heavy atom. The van der Waals surface area contributed by atoms with Crippen LogP contribution in [0, 0.1) is 6.92 Å². The van der Waals surface area contributed by atoms with Crippen molar-refractivity contribution in [2.45, 2.75) is 31.6 Å². The molecule has 0 aliphatic heterocycles. The summed E-state index contributed by atoms with van der Waals surface area (Å²) in [7, 11) is -2.38. The molecule has 1 N–H and O–H groups in total. The number of sulfonamides is 1. The van der Waals surface area contributed by atoms with Crippen LogP contribution in [0.2, 0.25) is 0 Å². The molecule has 0 atom stereocenters. The predicted octanol–water partition coefficient (Wildman–Crippen LogP) is 4.35. The molecule has 0 heterocycles. The normalized spacial score (nSPS) is 11.1. The molecule has 0 bridgehead atoms. The summed E-state index contributed by atoms with van der Waals surface area (Å²) in [5.74, 6) is 0.809. The minimum atomic E-state index is -4.01. The molecular weight excluding hydrogens is 464 g/mol. The minimum Gasteiger partial charge on any atom is -0.497 e. The Kier molecular flexibility index (Phi) is 9.14. The van der Waals surface area contributed by atoms with E-state index in [0.717, 1.165) is 34.0 Å². The van der Waals surface area contributed by atoms with Crippen molar-refractivity contribution in [3.05, 3.63) is 83.9 Å². The molecule has 8 heteroatoms. The van der Waals surface area contributed by atoms with Crippen LogP contribution in [0.15, 0.2) is 77.7 Å². The zero-order valence-corrected chi connectivity index (χ0v) is 21.2. The number of ether oxygens (including phenoxy) is 2. The van der Waals surface area contributed by atoms with E-state index in [2.05, 4.69) is 5.32 Å². The topological polar surface area (TPSA) is 84.9 Å². The van der Waals surface area contributed by atoms with Gasteiger partial charge in [-0.25, -0.2) is 8.42 Å². The molecule has 0 aliphatic rings. The van der Waals surface area contributed by atoms with Crippen LogP contribution in [-0.4, -0.2) is 41.1 Å². The van der Waals surface area contributed by atoms with Gasteiger partial charge in [-0.05, 0) is 68.7 Å². The van der Waals surface area contributed by atoms with Crippen molar-refractivity contribution in [3.63, 3.8) is 0 Å². The summed E-state index contributed by atoms with van der Waals surface area (Å²) in [6, 6.07) is 21.2. The number of carbonyl (C=O) groups excluding carboxylic acids is 1. The van der Waals surface area contributed by atoms with Crippen molar-refractivity contribution in [2.75, 3.05) is 31.1 Å². The molecule has 3 aromatic carbocycles. The van der Waals surface area contributed by atoms with Gasteiger partial charge in [0.05, 0.1) is 24.3 Å². The highest BCUT2D eigenvalue weighted by molar-refractivity contribution is 7.92. The lowest BCUT2D eigenvalue weighted by Crippen LogP contribution is -2.41. The van der Waals surface area contributed by atoms with Gasteiger partial charge in [0.1, 0.15) is 18.0 Å². The summed E-state index contributed by atoms with van der Waals surface area (Å²) in [5, 5.41) is 2.85. The van der Waals surface area contributed by atoms with E-state index in [9.17, 15) is 13.2 Å². The number of rotatable bonds is 12. The highest BCUT2D eigenvalue weighted by atomic mass is 32.2. The maximum absolute atomic E-state index is 13.6. The lowest BCUT2D eigenvalue weighted by molar-refractivity contribution is -0.119. The molecule has 186 valence electrons. The first kappa shape index (κ1) is 26.1. The van der Waals surface area contributed by atoms with Gasteiger partial charge in [-0.2, -0.15) is 0 Å². The van der Waals surface area contributed by atoms with E-state index >= 15 is 0 Å². The second-order valence-corrected chi connectivity index (χ2v) is 9.89. The molecule has 7 nitrogen and oxygen atoms in total. The Morgan fingerprint density at radius 3 is 2.31 bits per heavy atom. The van der Waals surface area contributed by atoms with Crippen LogP contribution in [0.4, 0.5) is 5.69 Å². The van der Waals surface area contributed by atoms with Gasteiger partial charge in [0.15, 0.2) is 0 Å². The third-order valence-electron chi connectivity index (χ3n) is 5.45. The number of nitrogens with zero attached hydrogens (tertiary/aromatic N) is 1. The maximum Gasteiger partial charge on any atom is 0.264 e. The molecule has 3 aromatic rings. The molecule has 0 fully saturated rings. The molecule has 1 amide bonds. The number of methoxy groups -OCH3 is 1. The molecule has 0 spiro atoms. The van der Waals surface area contributed by atoms with E-state index in [1.54, 1.807) is 55.6 Å². The van der Waals surface area contributed by atoms with E-state index < -0.39 is 10.0 Å². The summed E-state index contributed by atoms with van der Waals surface area (Å²) in [6.07, 6.45) is 1.50. The largest absolute Gasteiger partial charge is 0.497 e. The van der Waals surface area contributed by atoms with Gasteiger partial charge in [0.2, 0.25) is 5.91 Å². The molecule has 0 saturated carbocycles. The van der Waals surface area contributed by atoms with Crippen molar-refractivity contribution in [1.82, 2.24) is 5.32 Å². The molecule has 35 heavy (non-hydrogen) atoms. The number of benzene rings is 3. The van der Waals surface area contributed by atoms with Gasteiger partial charge in [-0.15, -0.1) is 0 Å². The molecule has 0 aromatic heterocycles. The average molecular weight is 497 g/mol. The molecular formula is C27H32N2O5S. The number of amides is 1. The van der Waals surface area contributed by atoms with Crippen LogP contribution in [-0.2, 0) is 21.2 Å². The van der Waals surface area contributed by atoms with Crippen LogP contribution in [0.5, 0.6) is 11.5 Å². The summed E-state index contributed by atoms with van der Waals surface area (Å²) >= 11 is 0. The highest BCUT2D eigenvalue weighted by Crippen LogP contribution is 2.32. The quantitative estimate of drug-likeness (QED) is 0.377. The van der Waals surface area contributed by atoms with Crippen molar-refractivity contribution in [1.29, 1.82) is 0 Å². The lowest BCUT2D eigenvalue weighted by Gasteiger charge is -2.26. The van der Waals surface area contributed by atoms with E-state index in [1.165, 1.54) is 0 Å². The van der Waals surface area contributed by atoms with E-state index in [-0.39, 0.29) is 17.3 Å². The summed E-state index contributed by atoms with van der Waals surface area (Å²) < 4.78 is 39.1. The number of carbonyl (C=O) groups is 1. The highest BCUT2D eigenvalue weighted by Gasteiger charge is 2.29. The van der Waals surface area contributed by atoms with E-state index in [0.29, 0.717) is 24.6 Å². The summed E-state index contributed by atoms with van der Waals surface area (Å²) in [5.41, 5.74) is 2.40. The van der Waals surface area contributed by atoms with E-state index in [1.807, 2.05) is 38.1 Å². The van der Waals surface area contributed by atoms with Crippen LogP contribution in [0.1, 0.15) is 24.5 Å². The van der Waals surface area contributed by atoms with Gasteiger partial charge in [0.25, 0.3) is 10.0 Å². The Morgan fingerprint density at radius 2 is 1.66 bits per heavy atom. The molecule has 0 unspecified atom stereocenters. The third kappa shape index (κ3) is 6.99. The smallest absolute Gasteiger partial charge is 0.264 e. The fourth-order valence-corrected chi connectivity index (χ4v) is 5.01. The van der Waals surface area contributed by atoms with Crippen molar-refractivity contribution in [3.8, 4) is 11.5 Å². The molecule has 0 aliphatic carbocycles. The Balaban J connectivity index is 1.74. The van der Waals surface area contributed by atoms with Gasteiger partial charge in [-0.3, -0.25) is 9.10 Å². The zero-order valence-electron chi connectivity index (χ0n) is 20.4. The van der Waals surface area contributed by atoms with Gasteiger partial charge < -0.3 is 14.8 Å². The average Bonchev–Trinajstić information content (AvgIpc) is 2.86. The zero-order chi connectivity index (χ0) is 25.3. The Hall–Kier alpha value is -3.52. The van der Waals surface area contributed by atoms with E-state index in [4.69, 9.17) is 9.47 Å². The van der Waals surface area contributed by atoms with Crippen LogP contribution in [0.25, 0.3) is 0 Å². The van der Waals surface area contributed by atoms with Gasteiger partial charge in [-0.1, -0.05) is 42.0 Å². The molecule has 0 radical (unpaired) electrons. The molecule has 3 rings (SSSR count). The van der Waals surface area contributed by atoms with Crippen LogP contribution >= 0.6 is 0 Å². The second-order valence-electron chi connectivity index (χ2n) is 8.03. The summed E-state index contributed by atoms with van der Waals surface area (Å²) in [4.78, 5) is 13.0. The monoisotopic (exact) mass is 496 g/mol. The molecule has 0 saturated heterocycles. The van der Waals surface area contributed by atoms with Crippen molar-refractivity contribution >= 4 is 21.6 Å².